The Bertz CT molecular complexity index is 738. The van der Waals surface area contributed by atoms with Gasteiger partial charge in [-0.2, -0.15) is 15.0 Å². The molecule has 3 heterocycles. The molecule has 0 saturated carbocycles. The number of imidazole rings is 1. The molecule has 0 saturated heterocycles. The van der Waals surface area contributed by atoms with E-state index in [4.69, 9.17) is 5.73 Å². The summed E-state index contributed by atoms with van der Waals surface area (Å²) in [6.45, 7) is 2.59. The van der Waals surface area contributed by atoms with Crippen LogP contribution in [0.1, 0.15) is 11.1 Å². The third-order valence-corrected chi connectivity index (χ3v) is 2.96. The average molecular weight is 282 g/mol. The maximum absolute atomic E-state index is 5.72. The summed E-state index contributed by atoms with van der Waals surface area (Å²) >= 11 is 0. The molecule has 106 valence electrons. The molecule has 0 spiro atoms. The number of hydrogen-bond acceptors (Lipinski definition) is 7. The van der Waals surface area contributed by atoms with E-state index in [0.717, 1.165) is 11.1 Å². The lowest BCUT2D eigenvalue weighted by atomic mass is 10.2. The third kappa shape index (κ3) is 2.94. The van der Waals surface area contributed by atoms with E-state index in [1.54, 1.807) is 29.5 Å². The molecule has 0 unspecified atom stereocenters. The van der Waals surface area contributed by atoms with E-state index in [1.807, 2.05) is 19.2 Å². The van der Waals surface area contributed by atoms with E-state index in [9.17, 15) is 0 Å². The van der Waals surface area contributed by atoms with Crippen LogP contribution in [-0.4, -0.2) is 29.5 Å². The van der Waals surface area contributed by atoms with Gasteiger partial charge in [0, 0.05) is 31.3 Å². The van der Waals surface area contributed by atoms with Crippen molar-refractivity contribution in [3.05, 3.63) is 48.3 Å². The number of aromatic nitrogens is 6. The fourth-order valence-corrected chi connectivity index (χ4v) is 1.81. The quantitative estimate of drug-likeness (QED) is 0.733. The average Bonchev–Trinajstić information content (AvgIpc) is 3.00. The Hall–Kier alpha value is -3.03. The first-order chi connectivity index (χ1) is 10.2. The van der Waals surface area contributed by atoms with Gasteiger partial charge in [-0.1, -0.05) is 0 Å². The Morgan fingerprint density at radius 2 is 2.10 bits per heavy atom. The van der Waals surface area contributed by atoms with Gasteiger partial charge in [0.1, 0.15) is 6.33 Å². The molecule has 0 aliphatic heterocycles. The lowest BCUT2D eigenvalue weighted by molar-refractivity contribution is 0.894. The van der Waals surface area contributed by atoms with Crippen LogP contribution in [0.3, 0.4) is 0 Å². The summed E-state index contributed by atoms with van der Waals surface area (Å²) in [4.78, 5) is 20.5. The van der Waals surface area contributed by atoms with Crippen molar-refractivity contribution in [2.75, 3.05) is 11.1 Å². The Morgan fingerprint density at radius 3 is 2.86 bits per heavy atom. The maximum Gasteiger partial charge on any atom is 0.241 e. The van der Waals surface area contributed by atoms with Crippen molar-refractivity contribution in [3.8, 4) is 5.95 Å². The number of nitrogen functional groups attached to an aromatic ring is 1. The van der Waals surface area contributed by atoms with E-state index >= 15 is 0 Å². The molecule has 3 rings (SSSR count). The Labute approximate surface area is 121 Å². The van der Waals surface area contributed by atoms with Crippen molar-refractivity contribution in [1.29, 1.82) is 0 Å². The van der Waals surface area contributed by atoms with Gasteiger partial charge < -0.3 is 11.1 Å². The highest BCUT2D eigenvalue weighted by Crippen LogP contribution is 2.10. The van der Waals surface area contributed by atoms with Crippen LogP contribution in [0.4, 0.5) is 11.9 Å². The van der Waals surface area contributed by atoms with Crippen LogP contribution in [-0.2, 0) is 6.54 Å². The summed E-state index contributed by atoms with van der Waals surface area (Å²) in [5.74, 6) is 0.985. The van der Waals surface area contributed by atoms with E-state index in [0.29, 0.717) is 18.4 Å². The molecule has 3 aromatic heterocycles. The monoisotopic (exact) mass is 282 g/mol. The Balaban J connectivity index is 1.81. The molecule has 3 aromatic rings. The summed E-state index contributed by atoms with van der Waals surface area (Å²) in [5.41, 5.74) is 7.93. The van der Waals surface area contributed by atoms with E-state index < -0.39 is 0 Å². The van der Waals surface area contributed by atoms with Crippen molar-refractivity contribution in [2.24, 2.45) is 0 Å². The number of pyridine rings is 1. The predicted octanol–water partition coefficient (Wildman–Crippen LogP) is 0.955. The van der Waals surface area contributed by atoms with Crippen LogP contribution in [0.2, 0.25) is 0 Å². The summed E-state index contributed by atoms with van der Waals surface area (Å²) < 4.78 is 1.67. The smallest absolute Gasteiger partial charge is 0.241 e. The SMILES string of the molecule is Cc1ccncc1CNc1nc(N)nc(-n2ccnc2)n1. The molecule has 8 heteroatoms. The zero-order chi connectivity index (χ0) is 14.7. The zero-order valence-electron chi connectivity index (χ0n) is 11.4. The van der Waals surface area contributed by atoms with Crippen LogP contribution < -0.4 is 11.1 Å². The van der Waals surface area contributed by atoms with E-state index in [-0.39, 0.29) is 5.95 Å². The van der Waals surface area contributed by atoms with Gasteiger partial charge in [0.25, 0.3) is 0 Å². The standard InChI is InChI=1S/C13H14N8/c1-9-2-3-15-6-10(9)7-17-12-18-11(14)19-13(20-12)21-5-4-16-8-21/h2-6,8H,7H2,1H3,(H3,14,17,18,19,20). The van der Waals surface area contributed by atoms with Gasteiger partial charge in [0.2, 0.25) is 17.8 Å². The van der Waals surface area contributed by atoms with Gasteiger partial charge in [-0.3, -0.25) is 9.55 Å². The van der Waals surface area contributed by atoms with Gasteiger partial charge in [-0.25, -0.2) is 4.98 Å². The summed E-state index contributed by atoms with van der Waals surface area (Å²) in [5, 5.41) is 3.13. The normalized spacial score (nSPS) is 10.5. The van der Waals surface area contributed by atoms with Gasteiger partial charge >= 0.3 is 0 Å². The topological polar surface area (TPSA) is 107 Å². The molecule has 0 atom stereocenters. The summed E-state index contributed by atoms with van der Waals surface area (Å²) in [6.07, 6.45) is 8.56. The number of hydrogen-bond donors (Lipinski definition) is 2. The highest BCUT2D eigenvalue weighted by Gasteiger charge is 2.06. The summed E-state index contributed by atoms with van der Waals surface area (Å²) in [6, 6.07) is 1.95. The highest BCUT2D eigenvalue weighted by molar-refractivity contribution is 5.36. The van der Waals surface area contributed by atoms with Crippen LogP contribution in [0.25, 0.3) is 5.95 Å². The summed E-state index contributed by atoms with van der Waals surface area (Å²) in [7, 11) is 0. The second-order valence-electron chi connectivity index (χ2n) is 4.44. The number of nitrogens with two attached hydrogens (primary N) is 1. The van der Waals surface area contributed by atoms with E-state index in [1.165, 1.54) is 0 Å². The minimum atomic E-state index is 0.152. The van der Waals surface area contributed by atoms with Gasteiger partial charge in [0.05, 0.1) is 0 Å². The molecule has 8 nitrogen and oxygen atoms in total. The minimum absolute atomic E-state index is 0.152. The first-order valence-corrected chi connectivity index (χ1v) is 6.35. The largest absolute Gasteiger partial charge is 0.368 e. The van der Waals surface area contributed by atoms with Crippen molar-refractivity contribution >= 4 is 11.9 Å². The fraction of sp³-hybridized carbons (Fsp3) is 0.154. The molecule has 0 fully saturated rings. The second kappa shape index (κ2) is 5.53. The second-order valence-corrected chi connectivity index (χ2v) is 4.44. The first-order valence-electron chi connectivity index (χ1n) is 6.35. The molecular weight excluding hydrogens is 268 g/mol. The molecule has 0 aromatic carbocycles. The minimum Gasteiger partial charge on any atom is -0.368 e. The molecule has 3 N–H and O–H groups in total. The van der Waals surface area contributed by atoms with Gasteiger partial charge in [-0.15, -0.1) is 0 Å². The van der Waals surface area contributed by atoms with Gasteiger partial charge in [0.15, 0.2) is 0 Å². The molecule has 0 aliphatic rings. The Kier molecular flexibility index (Phi) is 3.42. The first kappa shape index (κ1) is 13.0. The lowest BCUT2D eigenvalue weighted by Gasteiger charge is -2.08. The molecule has 21 heavy (non-hydrogen) atoms. The van der Waals surface area contributed by atoms with Crippen LogP contribution >= 0.6 is 0 Å². The van der Waals surface area contributed by atoms with Crippen molar-refractivity contribution in [3.63, 3.8) is 0 Å². The van der Waals surface area contributed by atoms with Crippen molar-refractivity contribution in [2.45, 2.75) is 13.5 Å². The Morgan fingerprint density at radius 1 is 1.19 bits per heavy atom. The molecule has 0 aliphatic carbocycles. The van der Waals surface area contributed by atoms with Crippen LogP contribution in [0, 0.1) is 6.92 Å². The number of nitrogens with zero attached hydrogens (tertiary/aromatic N) is 6. The maximum atomic E-state index is 5.72. The molecule has 0 amide bonds. The zero-order valence-corrected chi connectivity index (χ0v) is 11.4. The van der Waals surface area contributed by atoms with E-state index in [2.05, 4.69) is 30.2 Å². The van der Waals surface area contributed by atoms with Gasteiger partial charge in [-0.05, 0) is 24.1 Å². The highest BCUT2D eigenvalue weighted by atomic mass is 15.3. The number of nitrogens with one attached hydrogen (secondary N) is 1. The number of anilines is 2. The third-order valence-electron chi connectivity index (χ3n) is 2.96. The number of rotatable bonds is 4. The molecular formula is C13H14N8. The predicted molar refractivity (Wildman–Crippen MR) is 77.7 cm³/mol. The van der Waals surface area contributed by atoms with Crippen LogP contribution in [0.5, 0.6) is 0 Å². The van der Waals surface area contributed by atoms with Crippen molar-refractivity contribution < 1.29 is 0 Å². The van der Waals surface area contributed by atoms with Crippen molar-refractivity contribution in [1.82, 2.24) is 29.5 Å². The molecule has 0 radical (unpaired) electrons. The lowest BCUT2D eigenvalue weighted by Crippen LogP contribution is -2.11. The van der Waals surface area contributed by atoms with Crippen LogP contribution in [0.15, 0.2) is 37.2 Å². The fourth-order valence-electron chi connectivity index (χ4n) is 1.81. The molecule has 0 bridgehead atoms. The number of aryl methyl sites for hydroxylation is 1.